The fourth-order valence-electron chi connectivity index (χ4n) is 1.61. The molecule has 5 N–H and O–H groups in total. The zero-order valence-corrected chi connectivity index (χ0v) is 11.3. The van der Waals surface area contributed by atoms with Gasteiger partial charge in [-0.1, -0.05) is 0 Å². The van der Waals surface area contributed by atoms with Gasteiger partial charge in [0.2, 0.25) is 0 Å². The molecule has 8 nitrogen and oxygen atoms in total. The first kappa shape index (κ1) is 16.0. The Bertz CT molecular complexity index is 431. The van der Waals surface area contributed by atoms with Crippen molar-refractivity contribution >= 4 is 12.0 Å². The van der Waals surface area contributed by atoms with Gasteiger partial charge in [-0.15, -0.1) is 0 Å². The number of aromatic nitrogens is 2. The van der Waals surface area contributed by atoms with Crippen molar-refractivity contribution in [1.82, 2.24) is 20.6 Å². The van der Waals surface area contributed by atoms with Gasteiger partial charge in [-0.05, 0) is 13.3 Å². The molecule has 0 bridgehead atoms. The molecule has 0 aliphatic heterocycles. The molecule has 1 rings (SSSR count). The molecular weight excluding hydrogens is 264 g/mol. The molecule has 1 atom stereocenters. The van der Waals surface area contributed by atoms with Crippen LogP contribution in [-0.2, 0) is 11.2 Å². The number of hydrogen-bond donors (Lipinski definition) is 5. The number of carboxylic acids is 1. The van der Waals surface area contributed by atoms with Gasteiger partial charge < -0.3 is 25.8 Å². The third kappa shape index (κ3) is 6.74. The van der Waals surface area contributed by atoms with Crippen molar-refractivity contribution in [3.63, 3.8) is 0 Å². The molecule has 1 heterocycles. The summed E-state index contributed by atoms with van der Waals surface area (Å²) in [6.07, 6.45) is 4.43. The number of imidazole rings is 1. The highest BCUT2D eigenvalue weighted by Crippen LogP contribution is 2.06. The number of aromatic amines is 1. The van der Waals surface area contributed by atoms with Crippen LogP contribution in [0, 0.1) is 0 Å². The molecule has 20 heavy (non-hydrogen) atoms. The molecule has 0 aliphatic carbocycles. The molecule has 112 valence electrons. The maximum Gasteiger partial charge on any atom is 0.314 e. The Morgan fingerprint density at radius 3 is 2.80 bits per heavy atom. The second kappa shape index (κ2) is 7.49. The molecule has 0 fully saturated rings. The third-order valence-corrected chi connectivity index (χ3v) is 2.59. The van der Waals surface area contributed by atoms with Crippen LogP contribution in [0.2, 0.25) is 0 Å². The van der Waals surface area contributed by atoms with Crippen LogP contribution in [-0.4, -0.2) is 50.9 Å². The lowest BCUT2D eigenvalue weighted by molar-refractivity contribution is -0.141. The highest BCUT2D eigenvalue weighted by molar-refractivity contribution is 5.74. The first-order valence-electron chi connectivity index (χ1n) is 6.33. The Morgan fingerprint density at radius 1 is 1.45 bits per heavy atom. The lowest BCUT2D eigenvalue weighted by atomic mass is 10.0. The molecule has 0 aliphatic rings. The van der Waals surface area contributed by atoms with Crippen molar-refractivity contribution in [3.8, 4) is 0 Å². The van der Waals surface area contributed by atoms with Gasteiger partial charge in [-0.2, -0.15) is 0 Å². The topological polar surface area (TPSA) is 127 Å². The van der Waals surface area contributed by atoms with Gasteiger partial charge in [0, 0.05) is 31.9 Å². The molecule has 0 saturated heterocycles. The summed E-state index contributed by atoms with van der Waals surface area (Å²) in [6, 6.07) is -0.435. The number of nitrogens with zero attached hydrogens (tertiary/aromatic N) is 1. The lowest BCUT2D eigenvalue weighted by Crippen LogP contribution is -2.46. The second-order valence-corrected chi connectivity index (χ2v) is 4.82. The van der Waals surface area contributed by atoms with Crippen molar-refractivity contribution in [1.29, 1.82) is 0 Å². The minimum atomic E-state index is -1.46. The van der Waals surface area contributed by atoms with Crippen LogP contribution in [0.3, 0.4) is 0 Å². The number of aliphatic carboxylic acids is 1. The van der Waals surface area contributed by atoms with Crippen LogP contribution in [0.25, 0.3) is 0 Å². The Kier molecular flexibility index (Phi) is 5.98. The summed E-state index contributed by atoms with van der Waals surface area (Å²) in [5.41, 5.74) is -1.46. The number of amides is 2. The van der Waals surface area contributed by atoms with Gasteiger partial charge in [0.1, 0.15) is 5.82 Å². The quantitative estimate of drug-likeness (QED) is 0.425. The second-order valence-electron chi connectivity index (χ2n) is 4.82. The maximum absolute atomic E-state index is 11.4. The predicted octanol–water partition coefficient (Wildman–Crippen LogP) is -0.133. The molecule has 1 aromatic rings. The van der Waals surface area contributed by atoms with Gasteiger partial charge >= 0.3 is 12.0 Å². The maximum atomic E-state index is 11.4. The lowest BCUT2D eigenvalue weighted by Gasteiger charge is -2.21. The van der Waals surface area contributed by atoms with Gasteiger partial charge in [0.05, 0.1) is 12.0 Å². The van der Waals surface area contributed by atoms with Crippen molar-refractivity contribution in [2.75, 3.05) is 13.1 Å². The molecule has 2 amide bonds. The van der Waals surface area contributed by atoms with E-state index in [4.69, 9.17) is 5.11 Å². The summed E-state index contributed by atoms with van der Waals surface area (Å²) in [6.45, 7) is 1.70. The number of aryl methyl sites for hydroxylation is 1. The molecule has 0 aromatic carbocycles. The number of carbonyl (C=O) groups is 2. The number of rotatable bonds is 8. The number of aliphatic hydroxyl groups is 1. The Morgan fingerprint density at radius 2 is 2.20 bits per heavy atom. The summed E-state index contributed by atoms with van der Waals surface area (Å²) in [4.78, 5) is 28.9. The van der Waals surface area contributed by atoms with Gasteiger partial charge in [-0.25, -0.2) is 9.78 Å². The van der Waals surface area contributed by atoms with Crippen LogP contribution in [0.15, 0.2) is 12.4 Å². The van der Waals surface area contributed by atoms with Gasteiger partial charge in [0.15, 0.2) is 0 Å². The molecule has 0 saturated carbocycles. The SMILES string of the molecule is CC(O)(CNC(=O)NCCCc1ncc[nH]1)CC(=O)O. The van der Waals surface area contributed by atoms with Gasteiger partial charge in [0.25, 0.3) is 0 Å². The van der Waals surface area contributed by atoms with E-state index in [1.165, 1.54) is 6.92 Å². The smallest absolute Gasteiger partial charge is 0.314 e. The van der Waals surface area contributed by atoms with Crippen LogP contribution < -0.4 is 10.6 Å². The number of H-pyrrole nitrogens is 1. The zero-order chi connectivity index (χ0) is 15.0. The predicted molar refractivity (Wildman–Crippen MR) is 71.2 cm³/mol. The summed E-state index contributed by atoms with van der Waals surface area (Å²) in [5, 5.41) is 23.3. The van der Waals surface area contributed by atoms with Crippen LogP contribution >= 0.6 is 0 Å². The van der Waals surface area contributed by atoms with E-state index < -0.39 is 24.0 Å². The van der Waals surface area contributed by atoms with E-state index >= 15 is 0 Å². The van der Waals surface area contributed by atoms with Crippen molar-refractivity contribution in [3.05, 3.63) is 18.2 Å². The van der Waals surface area contributed by atoms with E-state index in [2.05, 4.69) is 20.6 Å². The molecule has 8 heteroatoms. The van der Waals surface area contributed by atoms with E-state index in [0.717, 1.165) is 18.7 Å². The number of nitrogens with one attached hydrogen (secondary N) is 3. The third-order valence-electron chi connectivity index (χ3n) is 2.59. The monoisotopic (exact) mass is 284 g/mol. The fraction of sp³-hybridized carbons (Fsp3) is 0.583. The summed E-state index contributed by atoms with van der Waals surface area (Å²) in [7, 11) is 0. The molecule has 0 radical (unpaired) electrons. The van der Waals surface area contributed by atoms with E-state index in [-0.39, 0.29) is 6.54 Å². The minimum Gasteiger partial charge on any atom is -0.481 e. The molecule has 1 unspecified atom stereocenters. The highest BCUT2D eigenvalue weighted by atomic mass is 16.4. The van der Waals surface area contributed by atoms with Crippen LogP contribution in [0.5, 0.6) is 0 Å². The highest BCUT2D eigenvalue weighted by Gasteiger charge is 2.24. The normalized spacial score (nSPS) is 13.5. The standard InChI is InChI=1S/C12H20N4O4/c1-12(20,7-10(17)18)8-16-11(19)15-4-2-3-9-13-5-6-14-9/h5-6,20H,2-4,7-8H2,1H3,(H,13,14)(H,17,18)(H2,15,16,19). The van der Waals surface area contributed by atoms with Crippen molar-refractivity contribution in [2.45, 2.75) is 31.8 Å². The Labute approximate surface area is 116 Å². The van der Waals surface area contributed by atoms with Crippen molar-refractivity contribution in [2.24, 2.45) is 0 Å². The summed E-state index contributed by atoms with van der Waals surface area (Å²) in [5.74, 6) is -0.257. The van der Waals surface area contributed by atoms with Gasteiger partial charge in [-0.3, -0.25) is 4.79 Å². The number of carboxylic acid groups (broad SMARTS) is 1. The number of hydrogen-bond acceptors (Lipinski definition) is 4. The molecule has 0 spiro atoms. The Hall–Kier alpha value is -2.09. The number of urea groups is 1. The van der Waals surface area contributed by atoms with Crippen LogP contribution in [0.4, 0.5) is 4.79 Å². The van der Waals surface area contributed by atoms with Crippen molar-refractivity contribution < 1.29 is 19.8 Å². The molecule has 1 aromatic heterocycles. The van der Waals surface area contributed by atoms with E-state index in [0.29, 0.717) is 6.54 Å². The largest absolute Gasteiger partial charge is 0.481 e. The minimum absolute atomic E-state index is 0.122. The first-order valence-corrected chi connectivity index (χ1v) is 6.33. The average molecular weight is 284 g/mol. The fourth-order valence-corrected chi connectivity index (χ4v) is 1.61. The zero-order valence-electron chi connectivity index (χ0n) is 11.3. The molecular formula is C12H20N4O4. The van der Waals surface area contributed by atoms with E-state index in [9.17, 15) is 14.7 Å². The first-order chi connectivity index (χ1) is 9.39. The Balaban J connectivity index is 2.12. The number of carbonyl (C=O) groups excluding carboxylic acids is 1. The average Bonchev–Trinajstić information content (AvgIpc) is 2.84. The van der Waals surface area contributed by atoms with E-state index in [1.54, 1.807) is 12.4 Å². The van der Waals surface area contributed by atoms with Crippen LogP contribution in [0.1, 0.15) is 25.6 Å². The summed E-state index contributed by atoms with van der Waals surface area (Å²) < 4.78 is 0. The van der Waals surface area contributed by atoms with E-state index in [1.807, 2.05) is 0 Å². The summed E-state index contributed by atoms with van der Waals surface area (Å²) >= 11 is 0.